The van der Waals surface area contributed by atoms with Crippen LogP contribution >= 0.6 is 0 Å². The number of nitrogens with one attached hydrogen (secondary N) is 1. The lowest BCUT2D eigenvalue weighted by atomic mass is 9.99. The maximum Gasteiger partial charge on any atom is 0.313 e. The van der Waals surface area contributed by atoms with Gasteiger partial charge >= 0.3 is 5.91 Å². The molecule has 0 bridgehead atoms. The number of hydrogen-bond acceptors (Lipinski definition) is 5. The first-order valence-corrected chi connectivity index (χ1v) is 10.7. The number of allylic oxidation sites excluding steroid dienone is 2. The molecule has 0 aliphatic carbocycles. The molecule has 1 aromatic heterocycles. The van der Waals surface area contributed by atoms with E-state index in [9.17, 15) is 9.59 Å². The molecule has 33 heavy (non-hydrogen) atoms. The second kappa shape index (κ2) is 10.1. The van der Waals surface area contributed by atoms with Crippen molar-refractivity contribution < 1.29 is 14.4 Å². The van der Waals surface area contributed by atoms with E-state index in [2.05, 4.69) is 5.48 Å². The quantitative estimate of drug-likeness (QED) is 0.426. The minimum atomic E-state index is -0.790. The van der Waals surface area contributed by atoms with Gasteiger partial charge in [-0.1, -0.05) is 66.7 Å². The van der Waals surface area contributed by atoms with Crippen LogP contribution in [0.2, 0.25) is 0 Å². The van der Waals surface area contributed by atoms with Crippen molar-refractivity contribution in [2.75, 3.05) is 7.11 Å². The van der Waals surface area contributed by atoms with Crippen molar-refractivity contribution in [1.82, 2.24) is 20.2 Å². The number of ketones is 1. The SMILES string of the molecule is CONC(=O)C(=O)C(Cc1ccccc1)N1C=CC=C[C@@H]1n1cc(C)c(-c2ccccc2)n1. The minimum absolute atomic E-state index is 0.358. The van der Waals surface area contributed by atoms with E-state index < -0.39 is 17.7 Å². The fourth-order valence-corrected chi connectivity index (χ4v) is 3.98. The zero-order valence-electron chi connectivity index (χ0n) is 18.6. The van der Waals surface area contributed by atoms with Crippen LogP contribution in [-0.2, 0) is 20.8 Å². The zero-order chi connectivity index (χ0) is 23.2. The Kier molecular flexibility index (Phi) is 6.80. The van der Waals surface area contributed by atoms with Gasteiger partial charge in [0.1, 0.15) is 12.2 Å². The highest BCUT2D eigenvalue weighted by Crippen LogP contribution is 2.28. The predicted molar refractivity (Wildman–Crippen MR) is 126 cm³/mol. The highest BCUT2D eigenvalue weighted by molar-refractivity contribution is 6.37. The Morgan fingerprint density at radius 1 is 1.06 bits per heavy atom. The van der Waals surface area contributed by atoms with Crippen LogP contribution in [0.1, 0.15) is 17.3 Å². The Bertz CT molecular complexity index is 1170. The lowest BCUT2D eigenvalue weighted by Crippen LogP contribution is -2.49. The van der Waals surface area contributed by atoms with Gasteiger partial charge in [-0.2, -0.15) is 5.10 Å². The average Bonchev–Trinajstić information content (AvgIpc) is 3.25. The summed E-state index contributed by atoms with van der Waals surface area (Å²) in [4.78, 5) is 32.2. The van der Waals surface area contributed by atoms with Crippen molar-refractivity contribution in [2.45, 2.75) is 25.6 Å². The molecule has 2 aromatic carbocycles. The number of rotatable bonds is 8. The zero-order valence-corrected chi connectivity index (χ0v) is 18.6. The van der Waals surface area contributed by atoms with Crippen LogP contribution in [0.5, 0.6) is 0 Å². The maximum atomic E-state index is 13.2. The van der Waals surface area contributed by atoms with Crippen LogP contribution < -0.4 is 5.48 Å². The van der Waals surface area contributed by atoms with Gasteiger partial charge < -0.3 is 4.90 Å². The Morgan fingerprint density at radius 2 is 1.76 bits per heavy atom. The Labute approximate surface area is 192 Å². The van der Waals surface area contributed by atoms with Crippen LogP contribution in [0, 0.1) is 6.92 Å². The summed E-state index contributed by atoms with van der Waals surface area (Å²) in [7, 11) is 1.31. The summed E-state index contributed by atoms with van der Waals surface area (Å²) in [6.07, 6.45) is 9.50. The molecule has 1 aliphatic rings. The molecule has 0 spiro atoms. The van der Waals surface area contributed by atoms with Crippen molar-refractivity contribution >= 4 is 11.7 Å². The summed E-state index contributed by atoms with van der Waals surface area (Å²) in [5, 5.41) is 4.84. The van der Waals surface area contributed by atoms with Gasteiger partial charge in [0, 0.05) is 24.4 Å². The molecule has 1 unspecified atom stereocenters. The molecule has 3 aromatic rings. The lowest BCUT2D eigenvalue weighted by Gasteiger charge is -2.36. The van der Waals surface area contributed by atoms with Crippen molar-refractivity contribution in [2.24, 2.45) is 0 Å². The molecule has 2 atom stereocenters. The van der Waals surface area contributed by atoms with E-state index in [1.54, 1.807) is 0 Å². The normalized spacial score (nSPS) is 15.9. The van der Waals surface area contributed by atoms with Gasteiger partial charge in [0.15, 0.2) is 0 Å². The van der Waals surface area contributed by atoms with Gasteiger partial charge in [-0.3, -0.25) is 14.4 Å². The second-order valence-electron chi connectivity index (χ2n) is 7.80. The number of amides is 1. The molecule has 1 amide bonds. The predicted octanol–water partition coefficient (Wildman–Crippen LogP) is 3.60. The first-order chi connectivity index (χ1) is 16.1. The third-order valence-electron chi connectivity index (χ3n) is 5.54. The fraction of sp³-hybridized carbons (Fsp3) is 0.192. The summed E-state index contributed by atoms with van der Waals surface area (Å²) >= 11 is 0. The number of hydrogen-bond donors (Lipinski definition) is 1. The van der Waals surface area contributed by atoms with Gasteiger partial charge in [-0.15, -0.1) is 0 Å². The number of aryl methyl sites for hydroxylation is 1. The van der Waals surface area contributed by atoms with Crippen molar-refractivity contribution in [1.29, 1.82) is 0 Å². The molecule has 0 saturated carbocycles. The van der Waals surface area contributed by atoms with E-state index in [0.717, 1.165) is 22.4 Å². The Hall–Kier alpha value is -3.97. The van der Waals surface area contributed by atoms with Gasteiger partial charge in [0.05, 0.1) is 12.8 Å². The highest BCUT2D eigenvalue weighted by Gasteiger charge is 2.34. The molecule has 4 rings (SSSR count). The third kappa shape index (κ3) is 4.94. The number of aromatic nitrogens is 2. The summed E-state index contributed by atoms with van der Waals surface area (Å²) < 4.78 is 1.83. The number of nitrogens with zero attached hydrogens (tertiary/aromatic N) is 3. The molecular formula is C26H26N4O3. The Balaban J connectivity index is 1.70. The standard InChI is InChI=1S/C26H26N4O3/c1-19-18-30(27-24(19)21-13-7-4-8-14-21)23-15-9-10-16-29(23)22(25(31)26(32)28-33-2)17-20-11-5-3-6-12-20/h3-16,18,22-23H,17H2,1-2H3,(H,28,32)/t22?,23-/m0/s1. The monoisotopic (exact) mass is 442 g/mol. The van der Waals surface area contributed by atoms with E-state index in [-0.39, 0.29) is 6.17 Å². The molecule has 0 saturated heterocycles. The number of benzene rings is 2. The van der Waals surface area contributed by atoms with Crippen LogP contribution in [0.3, 0.4) is 0 Å². The topological polar surface area (TPSA) is 76.5 Å². The molecule has 2 heterocycles. The summed E-state index contributed by atoms with van der Waals surface area (Å²) in [6.45, 7) is 2.01. The van der Waals surface area contributed by atoms with Gasteiger partial charge in [0.2, 0.25) is 5.78 Å². The molecule has 168 valence electrons. The minimum Gasteiger partial charge on any atom is -0.342 e. The smallest absolute Gasteiger partial charge is 0.313 e. The van der Waals surface area contributed by atoms with E-state index in [0.29, 0.717) is 6.42 Å². The number of carbonyl (C=O) groups is 2. The fourth-order valence-electron chi connectivity index (χ4n) is 3.98. The second-order valence-corrected chi connectivity index (χ2v) is 7.80. The van der Waals surface area contributed by atoms with E-state index >= 15 is 0 Å². The molecule has 1 aliphatic heterocycles. The van der Waals surface area contributed by atoms with Crippen LogP contribution in [0.25, 0.3) is 11.3 Å². The Morgan fingerprint density at radius 3 is 2.45 bits per heavy atom. The number of Topliss-reactive ketones (excluding diaryl/α,β-unsaturated/α-hetero) is 1. The van der Waals surface area contributed by atoms with Crippen LogP contribution in [-0.4, -0.2) is 39.5 Å². The molecular weight excluding hydrogens is 416 g/mol. The molecule has 0 fully saturated rings. The third-order valence-corrected chi connectivity index (χ3v) is 5.54. The highest BCUT2D eigenvalue weighted by atomic mass is 16.6. The van der Waals surface area contributed by atoms with Crippen LogP contribution in [0.15, 0.2) is 91.3 Å². The van der Waals surface area contributed by atoms with Crippen molar-refractivity contribution in [3.05, 3.63) is 102 Å². The van der Waals surface area contributed by atoms with Crippen molar-refractivity contribution in [3.8, 4) is 11.3 Å². The molecule has 1 N–H and O–H groups in total. The van der Waals surface area contributed by atoms with E-state index in [1.807, 2.05) is 108 Å². The number of carbonyl (C=O) groups excluding carboxylic acids is 2. The van der Waals surface area contributed by atoms with E-state index in [1.165, 1.54) is 7.11 Å². The molecule has 0 radical (unpaired) electrons. The average molecular weight is 443 g/mol. The number of hydroxylamine groups is 1. The largest absolute Gasteiger partial charge is 0.342 e. The lowest BCUT2D eigenvalue weighted by molar-refractivity contribution is -0.147. The maximum absolute atomic E-state index is 13.2. The van der Waals surface area contributed by atoms with E-state index in [4.69, 9.17) is 9.94 Å². The van der Waals surface area contributed by atoms with Gasteiger partial charge in [0.25, 0.3) is 0 Å². The first kappa shape index (κ1) is 22.2. The van der Waals surface area contributed by atoms with Gasteiger partial charge in [-0.25, -0.2) is 10.2 Å². The molecule has 7 nitrogen and oxygen atoms in total. The molecule has 7 heteroatoms. The van der Waals surface area contributed by atoms with Crippen LogP contribution in [0.4, 0.5) is 0 Å². The first-order valence-electron chi connectivity index (χ1n) is 10.7. The summed E-state index contributed by atoms with van der Waals surface area (Å²) in [5.74, 6) is -1.38. The summed E-state index contributed by atoms with van der Waals surface area (Å²) in [6, 6.07) is 18.8. The summed E-state index contributed by atoms with van der Waals surface area (Å²) in [5.41, 5.74) is 6.03. The van der Waals surface area contributed by atoms with Gasteiger partial charge in [-0.05, 0) is 30.2 Å². The van der Waals surface area contributed by atoms with Crippen molar-refractivity contribution in [3.63, 3.8) is 0 Å².